The molecule has 2 aromatic carbocycles. The average Bonchev–Trinajstić information content (AvgIpc) is 2.25. The zero-order chi connectivity index (χ0) is 13.3. The van der Waals surface area contributed by atoms with E-state index >= 15 is 0 Å². The van der Waals surface area contributed by atoms with Crippen LogP contribution in [0.4, 0.5) is 13.2 Å². The minimum Gasteiger partial charge on any atom is -0.289 e. The van der Waals surface area contributed by atoms with Crippen LogP contribution in [0, 0.1) is 24.4 Å². The van der Waals surface area contributed by atoms with Gasteiger partial charge in [0, 0.05) is 17.2 Å². The Labute approximate surface area is 102 Å². The van der Waals surface area contributed by atoms with E-state index in [1.54, 1.807) is 6.92 Å². The molecule has 0 saturated carbocycles. The number of benzene rings is 2. The summed E-state index contributed by atoms with van der Waals surface area (Å²) >= 11 is 0. The summed E-state index contributed by atoms with van der Waals surface area (Å²) in [6, 6.07) is 6.29. The summed E-state index contributed by atoms with van der Waals surface area (Å²) in [5, 5.41) is 0. The van der Waals surface area contributed by atoms with Gasteiger partial charge >= 0.3 is 0 Å². The van der Waals surface area contributed by atoms with E-state index in [1.807, 2.05) is 0 Å². The zero-order valence-electron chi connectivity index (χ0n) is 9.51. The highest BCUT2D eigenvalue weighted by molar-refractivity contribution is 6.09. The van der Waals surface area contributed by atoms with E-state index in [4.69, 9.17) is 0 Å². The molecular formula is C14H9F3O. The van der Waals surface area contributed by atoms with E-state index in [9.17, 15) is 18.0 Å². The minimum absolute atomic E-state index is 0.0671. The Morgan fingerprint density at radius 3 is 1.72 bits per heavy atom. The van der Waals surface area contributed by atoms with Gasteiger partial charge in [-0.15, -0.1) is 0 Å². The molecule has 0 spiro atoms. The number of rotatable bonds is 2. The summed E-state index contributed by atoms with van der Waals surface area (Å²) in [7, 11) is 0. The Balaban J connectivity index is 2.47. The molecule has 92 valence electrons. The lowest BCUT2D eigenvalue weighted by molar-refractivity contribution is 0.103. The van der Waals surface area contributed by atoms with Crippen molar-refractivity contribution >= 4 is 5.78 Å². The van der Waals surface area contributed by atoms with Gasteiger partial charge in [0.2, 0.25) is 0 Å². The monoisotopic (exact) mass is 250 g/mol. The fourth-order valence-electron chi connectivity index (χ4n) is 1.72. The largest absolute Gasteiger partial charge is 0.289 e. The summed E-state index contributed by atoms with van der Waals surface area (Å²) < 4.78 is 39.2. The van der Waals surface area contributed by atoms with Crippen molar-refractivity contribution in [2.24, 2.45) is 0 Å². The second-order valence-electron chi connectivity index (χ2n) is 4.00. The molecule has 0 radical (unpaired) electrons. The predicted octanol–water partition coefficient (Wildman–Crippen LogP) is 3.64. The van der Waals surface area contributed by atoms with Crippen LogP contribution in [0.5, 0.6) is 0 Å². The van der Waals surface area contributed by atoms with Gasteiger partial charge in [-0.05, 0) is 42.8 Å². The van der Waals surface area contributed by atoms with Crippen LogP contribution in [0.15, 0.2) is 36.4 Å². The third-order valence-electron chi connectivity index (χ3n) is 2.43. The SMILES string of the molecule is Cc1cc(F)cc(C(=O)c2cc(F)cc(F)c2)c1. The van der Waals surface area contributed by atoms with Gasteiger partial charge in [-0.25, -0.2) is 13.2 Å². The van der Waals surface area contributed by atoms with E-state index in [2.05, 4.69) is 0 Å². The van der Waals surface area contributed by atoms with Crippen LogP contribution in [0.1, 0.15) is 21.5 Å². The molecule has 2 rings (SSSR count). The quantitative estimate of drug-likeness (QED) is 0.743. The van der Waals surface area contributed by atoms with Gasteiger partial charge < -0.3 is 0 Å². The van der Waals surface area contributed by atoms with E-state index in [0.717, 1.165) is 18.2 Å². The van der Waals surface area contributed by atoms with Crippen molar-refractivity contribution in [2.45, 2.75) is 6.92 Å². The maximum Gasteiger partial charge on any atom is 0.193 e. The van der Waals surface area contributed by atoms with Crippen molar-refractivity contribution < 1.29 is 18.0 Å². The lowest BCUT2D eigenvalue weighted by Gasteiger charge is -2.04. The highest BCUT2D eigenvalue weighted by Gasteiger charge is 2.13. The Morgan fingerprint density at radius 1 is 0.778 bits per heavy atom. The second-order valence-corrected chi connectivity index (χ2v) is 4.00. The predicted molar refractivity (Wildman–Crippen MR) is 60.9 cm³/mol. The Hall–Kier alpha value is -2.10. The van der Waals surface area contributed by atoms with E-state index in [-0.39, 0.29) is 11.1 Å². The number of carbonyl (C=O) groups excluding carboxylic acids is 1. The van der Waals surface area contributed by atoms with Gasteiger partial charge in [0.15, 0.2) is 5.78 Å². The van der Waals surface area contributed by atoms with Gasteiger partial charge in [0.05, 0.1) is 0 Å². The molecule has 0 atom stereocenters. The van der Waals surface area contributed by atoms with Crippen LogP contribution in [-0.2, 0) is 0 Å². The summed E-state index contributed by atoms with van der Waals surface area (Å²) in [5.41, 5.74) is 0.491. The molecule has 0 N–H and O–H groups in total. The minimum atomic E-state index is -0.841. The van der Waals surface area contributed by atoms with Gasteiger partial charge in [0.1, 0.15) is 17.5 Å². The maximum absolute atomic E-state index is 13.2. The first-order chi connectivity index (χ1) is 8.45. The van der Waals surface area contributed by atoms with Crippen LogP contribution < -0.4 is 0 Å². The van der Waals surface area contributed by atoms with Crippen LogP contribution in [0.2, 0.25) is 0 Å². The first-order valence-electron chi connectivity index (χ1n) is 5.24. The Kier molecular flexibility index (Phi) is 3.19. The molecule has 4 heteroatoms. The fourth-order valence-corrected chi connectivity index (χ4v) is 1.72. The van der Waals surface area contributed by atoms with Crippen LogP contribution in [0.3, 0.4) is 0 Å². The normalized spacial score (nSPS) is 10.4. The molecule has 0 aliphatic heterocycles. The van der Waals surface area contributed by atoms with Gasteiger partial charge in [0.25, 0.3) is 0 Å². The molecular weight excluding hydrogens is 241 g/mol. The van der Waals surface area contributed by atoms with E-state index < -0.39 is 23.2 Å². The van der Waals surface area contributed by atoms with E-state index in [1.165, 1.54) is 12.1 Å². The summed E-state index contributed by atoms with van der Waals surface area (Å²) in [6.07, 6.45) is 0. The first-order valence-corrected chi connectivity index (χ1v) is 5.24. The molecule has 0 bridgehead atoms. The summed E-state index contributed by atoms with van der Waals surface area (Å²) in [4.78, 5) is 12.0. The molecule has 0 aliphatic carbocycles. The number of aryl methyl sites for hydroxylation is 1. The number of ketones is 1. The number of hydrogen-bond donors (Lipinski definition) is 0. The lowest BCUT2D eigenvalue weighted by atomic mass is 10.0. The third kappa shape index (κ3) is 2.59. The molecule has 0 fully saturated rings. The topological polar surface area (TPSA) is 17.1 Å². The molecule has 0 unspecified atom stereocenters. The lowest BCUT2D eigenvalue weighted by Crippen LogP contribution is -2.03. The third-order valence-corrected chi connectivity index (χ3v) is 2.43. The molecule has 0 amide bonds. The summed E-state index contributed by atoms with van der Waals surface area (Å²) in [5.74, 6) is -2.86. The highest BCUT2D eigenvalue weighted by atomic mass is 19.1. The fraction of sp³-hybridized carbons (Fsp3) is 0.0714. The summed E-state index contributed by atoms with van der Waals surface area (Å²) in [6.45, 7) is 1.63. The zero-order valence-corrected chi connectivity index (χ0v) is 9.51. The molecule has 0 saturated heterocycles. The molecule has 2 aromatic rings. The first kappa shape index (κ1) is 12.4. The molecule has 0 aliphatic rings. The number of carbonyl (C=O) groups is 1. The van der Waals surface area contributed by atoms with Crippen LogP contribution in [0.25, 0.3) is 0 Å². The van der Waals surface area contributed by atoms with Crippen molar-refractivity contribution in [1.29, 1.82) is 0 Å². The molecule has 0 heterocycles. The van der Waals surface area contributed by atoms with Gasteiger partial charge in [-0.3, -0.25) is 4.79 Å². The number of hydrogen-bond acceptors (Lipinski definition) is 1. The smallest absolute Gasteiger partial charge is 0.193 e. The van der Waals surface area contributed by atoms with Crippen LogP contribution >= 0.6 is 0 Å². The number of halogens is 3. The van der Waals surface area contributed by atoms with Gasteiger partial charge in [-0.1, -0.05) is 0 Å². The van der Waals surface area contributed by atoms with Crippen molar-refractivity contribution in [3.05, 3.63) is 70.5 Å². The maximum atomic E-state index is 13.2. The van der Waals surface area contributed by atoms with Crippen molar-refractivity contribution in [3.8, 4) is 0 Å². The van der Waals surface area contributed by atoms with Crippen molar-refractivity contribution in [3.63, 3.8) is 0 Å². The highest BCUT2D eigenvalue weighted by Crippen LogP contribution is 2.16. The average molecular weight is 250 g/mol. The molecule has 1 nitrogen and oxygen atoms in total. The van der Waals surface area contributed by atoms with Gasteiger partial charge in [-0.2, -0.15) is 0 Å². The second kappa shape index (κ2) is 4.64. The Morgan fingerprint density at radius 2 is 1.22 bits per heavy atom. The Bertz CT molecular complexity index is 526. The molecule has 0 aromatic heterocycles. The van der Waals surface area contributed by atoms with Crippen LogP contribution in [-0.4, -0.2) is 5.78 Å². The standard InChI is InChI=1S/C14H9F3O/c1-8-2-9(4-11(15)3-8)14(18)10-5-12(16)7-13(17)6-10/h2-7H,1H3. The van der Waals surface area contributed by atoms with Crippen molar-refractivity contribution in [1.82, 2.24) is 0 Å². The molecule has 18 heavy (non-hydrogen) atoms. The van der Waals surface area contributed by atoms with E-state index in [0.29, 0.717) is 11.6 Å². The van der Waals surface area contributed by atoms with Crippen molar-refractivity contribution in [2.75, 3.05) is 0 Å².